The van der Waals surface area contributed by atoms with E-state index in [1.165, 1.54) is 17.7 Å². The molecular formula is C21H23ClN4O4. The van der Waals surface area contributed by atoms with Crippen molar-refractivity contribution in [1.82, 2.24) is 14.5 Å². The summed E-state index contributed by atoms with van der Waals surface area (Å²) in [6.45, 7) is 3.49. The molecule has 30 heavy (non-hydrogen) atoms. The molecule has 3 rings (SSSR count). The number of rotatable bonds is 6. The number of benzene rings is 1. The van der Waals surface area contributed by atoms with Crippen molar-refractivity contribution in [3.05, 3.63) is 62.4 Å². The molecule has 0 radical (unpaired) electrons. The van der Waals surface area contributed by atoms with E-state index in [2.05, 4.69) is 15.3 Å². The number of carbonyl (C=O) groups excluding carboxylic acids is 1. The number of ether oxygens (including phenoxy) is 1. The zero-order valence-corrected chi connectivity index (χ0v) is 17.9. The number of aliphatic hydroxyl groups excluding tert-OH is 1. The van der Waals surface area contributed by atoms with E-state index < -0.39 is 12.0 Å². The lowest BCUT2D eigenvalue weighted by Crippen LogP contribution is -2.24. The van der Waals surface area contributed by atoms with Gasteiger partial charge in [-0.05, 0) is 30.7 Å². The van der Waals surface area contributed by atoms with Gasteiger partial charge in [-0.1, -0.05) is 24.6 Å². The maximum atomic E-state index is 12.9. The Balaban J connectivity index is 2.18. The molecular weight excluding hydrogens is 408 g/mol. The maximum Gasteiger partial charge on any atom is 0.358 e. The number of anilines is 1. The minimum Gasteiger partial charge on any atom is -0.464 e. The lowest BCUT2D eigenvalue weighted by Gasteiger charge is -2.21. The quantitative estimate of drug-likeness (QED) is 0.457. The fourth-order valence-electron chi connectivity index (χ4n) is 3.39. The Morgan fingerprint density at radius 3 is 2.70 bits per heavy atom. The van der Waals surface area contributed by atoms with Gasteiger partial charge in [0.25, 0.3) is 5.56 Å². The minimum atomic E-state index is -0.661. The van der Waals surface area contributed by atoms with Gasteiger partial charge in [0.2, 0.25) is 0 Å². The van der Waals surface area contributed by atoms with Gasteiger partial charge >= 0.3 is 5.97 Å². The zero-order valence-electron chi connectivity index (χ0n) is 17.2. The van der Waals surface area contributed by atoms with Crippen molar-refractivity contribution in [3.63, 3.8) is 0 Å². The second-order valence-corrected chi connectivity index (χ2v) is 7.28. The average molecular weight is 431 g/mol. The molecule has 9 heteroatoms. The minimum absolute atomic E-state index is 0.00136. The van der Waals surface area contributed by atoms with Crippen LogP contribution in [0.1, 0.15) is 40.4 Å². The van der Waals surface area contributed by atoms with Crippen LogP contribution in [0.3, 0.4) is 0 Å². The average Bonchev–Trinajstić information content (AvgIpc) is 2.74. The van der Waals surface area contributed by atoms with Gasteiger partial charge in [0, 0.05) is 19.0 Å². The van der Waals surface area contributed by atoms with Gasteiger partial charge in [-0.25, -0.2) is 14.8 Å². The van der Waals surface area contributed by atoms with Gasteiger partial charge < -0.3 is 15.2 Å². The van der Waals surface area contributed by atoms with Crippen molar-refractivity contribution in [2.24, 2.45) is 7.05 Å². The first-order valence-electron chi connectivity index (χ1n) is 9.43. The monoisotopic (exact) mass is 430 g/mol. The van der Waals surface area contributed by atoms with Crippen LogP contribution in [-0.2, 0) is 18.2 Å². The second kappa shape index (κ2) is 8.81. The van der Waals surface area contributed by atoms with Crippen molar-refractivity contribution in [2.45, 2.75) is 26.3 Å². The van der Waals surface area contributed by atoms with Crippen LogP contribution in [0, 0.1) is 6.92 Å². The molecule has 0 unspecified atom stereocenters. The molecule has 158 valence electrons. The first-order valence-corrected chi connectivity index (χ1v) is 9.80. The summed E-state index contributed by atoms with van der Waals surface area (Å²) in [6.07, 6.45) is 0.583. The smallest absolute Gasteiger partial charge is 0.358 e. The molecule has 2 N–H and O–H groups in total. The molecule has 0 amide bonds. The standard InChI is InChI=1S/C21H23ClN4O4/c1-5-17-25-18-12(8-11(2)9-13(18)20(28)26(17)3)15(10-27)23-14-6-7-16(22)24-19(14)21(29)30-4/h6-9,15,23,27H,5,10H2,1-4H3/t15-/m1/s1. The van der Waals surface area contributed by atoms with Gasteiger partial charge in [-0.15, -0.1) is 0 Å². The largest absolute Gasteiger partial charge is 0.464 e. The summed E-state index contributed by atoms with van der Waals surface area (Å²) in [5.41, 5.74) is 2.20. The number of hydrogen-bond donors (Lipinski definition) is 2. The number of nitrogens with one attached hydrogen (secondary N) is 1. The molecule has 0 bridgehead atoms. The Labute approximate surface area is 178 Å². The van der Waals surface area contributed by atoms with E-state index in [1.807, 2.05) is 19.9 Å². The normalized spacial score (nSPS) is 12.1. The fraction of sp³-hybridized carbons (Fsp3) is 0.333. The lowest BCUT2D eigenvalue weighted by molar-refractivity contribution is 0.0595. The van der Waals surface area contributed by atoms with Gasteiger partial charge in [0.1, 0.15) is 11.0 Å². The highest BCUT2D eigenvalue weighted by atomic mass is 35.5. The van der Waals surface area contributed by atoms with E-state index in [0.717, 1.165) is 5.56 Å². The van der Waals surface area contributed by atoms with Crippen molar-refractivity contribution in [1.29, 1.82) is 0 Å². The number of halogens is 1. The van der Waals surface area contributed by atoms with Crippen LogP contribution >= 0.6 is 11.6 Å². The first-order chi connectivity index (χ1) is 14.3. The number of fused-ring (bicyclic) bond motifs is 1. The highest BCUT2D eigenvalue weighted by molar-refractivity contribution is 6.29. The molecule has 1 aromatic carbocycles. The Morgan fingerprint density at radius 1 is 1.33 bits per heavy atom. The van der Waals surface area contributed by atoms with Crippen LogP contribution in [0.5, 0.6) is 0 Å². The van der Waals surface area contributed by atoms with Gasteiger partial charge in [0.15, 0.2) is 5.69 Å². The predicted molar refractivity (Wildman–Crippen MR) is 115 cm³/mol. The Bertz CT molecular complexity index is 1180. The van der Waals surface area contributed by atoms with Crippen LogP contribution in [0.4, 0.5) is 5.69 Å². The second-order valence-electron chi connectivity index (χ2n) is 6.90. The molecule has 0 saturated heterocycles. The fourth-order valence-corrected chi connectivity index (χ4v) is 3.54. The van der Waals surface area contributed by atoms with Gasteiger partial charge in [-0.2, -0.15) is 0 Å². The third-order valence-electron chi connectivity index (χ3n) is 4.89. The summed E-state index contributed by atoms with van der Waals surface area (Å²) in [7, 11) is 2.94. The van der Waals surface area contributed by atoms with E-state index in [9.17, 15) is 14.7 Å². The SMILES string of the molecule is CCc1nc2c([C@@H](CO)Nc3ccc(Cl)nc3C(=O)OC)cc(C)cc2c(=O)n1C. The predicted octanol–water partition coefficient (Wildman–Crippen LogP) is 2.78. The molecule has 1 atom stereocenters. The van der Waals surface area contributed by atoms with Crippen molar-refractivity contribution < 1.29 is 14.6 Å². The summed E-state index contributed by atoms with van der Waals surface area (Å²) in [6, 6.07) is 6.12. The number of carbonyl (C=O) groups is 1. The van der Waals surface area contributed by atoms with E-state index in [-0.39, 0.29) is 23.0 Å². The van der Waals surface area contributed by atoms with Crippen LogP contribution in [0.15, 0.2) is 29.1 Å². The highest BCUT2D eigenvalue weighted by Gasteiger charge is 2.22. The van der Waals surface area contributed by atoms with E-state index in [0.29, 0.717) is 34.4 Å². The molecule has 2 heterocycles. The number of esters is 1. The Kier molecular flexibility index (Phi) is 6.38. The van der Waals surface area contributed by atoms with Crippen molar-refractivity contribution in [2.75, 3.05) is 19.0 Å². The van der Waals surface area contributed by atoms with Crippen LogP contribution in [0.25, 0.3) is 10.9 Å². The molecule has 0 aliphatic rings. The number of aromatic nitrogens is 3. The van der Waals surface area contributed by atoms with E-state index in [1.54, 1.807) is 19.2 Å². The number of nitrogens with zero attached hydrogens (tertiary/aromatic N) is 3. The zero-order chi connectivity index (χ0) is 22.0. The molecule has 0 saturated carbocycles. The summed E-state index contributed by atoms with van der Waals surface area (Å²) < 4.78 is 6.32. The van der Waals surface area contributed by atoms with Crippen LogP contribution in [-0.4, -0.2) is 39.3 Å². The Hall–Kier alpha value is -2.97. The number of methoxy groups -OCH3 is 1. The third-order valence-corrected chi connectivity index (χ3v) is 5.10. The molecule has 8 nitrogen and oxygen atoms in total. The number of pyridine rings is 1. The summed E-state index contributed by atoms with van der Waals surface area (Å²) in [5, 5.41) is 13.9. The van der Waals surface area contributed by atoms with Gasteiger partial charge in [0.05, 0.1) is 36.3 Å². The number of aryl methyl sites for hydroxylation is 2. The van der Waals surface area contributed by atoms with Crippen LogP contribution < -0.4 is 10.9 Å². The molecule has 0 aliphatic carbocycles. The maximum absolute atomic E-state index is 12.9. The van der Waals surface area contributed by atoms with E-state index in [4.69, 9.17) is 16.3 Å². The summed E-state index contributed by atoms with van der Waals surface area (Å²) in [4.78, 5) is 33.7. The molecule has 0 fully saturated rings. The Morgan fingerprint density at radius 2 is 2.07 bits per heavy atom. The van der Waals surface area contributed by atoms with Crippen molar-refractivity contribution in [3.8, 4) is 0 Å². The number of hydrogen-bond acceptors (Lipinski definition) is 7. The third kappa shape index (κ3) is 4.01. The number of aliphatic hydroxyl groups is 1. The van der Waals surface area contributed by atoms with Crippen molar-refractivity contribution >= 4 is 34.2 Å². The molecule has 2 aromatic heterocycles. The summed E-state index contributed by atoms with van der Waals surface area (Å²) >= 11 is 5.93. The van der Waals surface area contributed by atoms with Crippen LogP contribution in [0.2, 0.25) is 5.15 Å². The molecule has 0 spiro atoms. The molecule has 0 aliphatic heterocycles. The first kappa shape index (κ1) is 21.7. The van der Waals surface area contributed by atoms with E-state index >= 15 is 0 Å². The highest BCUT2D eigenvalue weighted by Crippen LogP contribution is 2.28. The lowest BCUT2D eigenvalue weighted by atomic mass is 10.00. The summed E-state index contributed by atoms with van der Waals surface area (Å²) in [5.74, 6) is -0.0243. The van der Waals surface area contributed by atoms with Gasteiger partial charge in [-0.3, -0.25) is 9.36 Å². The molecule has 3 aromatic rings. The topological polar surface area (TPSA) is 106 Å².